The van der Waals surface area contributed by atoms with Gasteiger partial charge in [0.2, 0.25) is 0 Å². The number of benzene rings is 1. The smallest absolute Gasteiger partial charge is 0.0480 e. The van der Waals surface area contributed by atoms with E-state index < -0.39 is 0 Å². The molecule has 3 heteroatoms. The van der Waals surface area contributed by atoms with Crippen molar-refractivity contribution in [1.82, 2.24) is 0 Å². The van der Waals surface area contributed by atoms with Crippen LogP contribution in [-0.4, -0.2) is 19.3 Å². The highest BCUT2D eigenvalue weighted by atomic mass is 35.5. The summed E-state index contributed by atoms with van der Waals surface area (Å²) in [5.41, 5.74) is 7.09. The van der Waals surface area contributed by atoms with Gasteiger partial charge in [0.15, 0.2) is 0 Å². The molecule has 84 valence electrons. The molecule has 1 rings (SSSR count). The molecule has 0 spiro atoms. The molecule has 0 saturated heterocycles. The van der Waals surface area contributed by atoms with E-state index in [2.05, 4.69) is 0 Å². The Kier molecular flexibility index (Phi) is 5.69. The number of ether oxygens (including phenoxy) is 1. The van der Waals surface area contributed by atoms with E-state index in [0.717, 1.165) is 36.6 Å². The Hall–Kier alpha value is -0.570. The Morgan fingerprint density at radius 3 is 2.80 bits per heavy atom. The fourth-order valence-corrected chi connectivity index (χ4v) is 1.64. The highest BCUT2D eigenvalue weighted by Gasteiger charge is 2.06. The van der Waals surface area contributed by atoms with Gasteiger partial charge in [-0.25, -0.2) is 0 Å². The third-order valence-electron chi connectivity index (χ3n) is 2.28. The topological polar surface area (TPSA) is 35.2 Å². The van der Waals surface area contributed by atoms with Gasteiger partial charge in [-0.15, -0.1) is 0 Å². The van der Waals surface area contributed by atoms with E-state index in [1.54, 1.807) is 0 Å². The van der Waals surface area contributed by atoms with Crippen LogP contribution < -0.4 is 5.73 Å². The molecule has 2 nitrogen and oxygen atoms in total. The van der Waals surface area contributed by atoms with Crippen LogP contribution >= 0.6 is 11.6 Å². The summed E-state index contributed by atoms with van der Waals surface area (Å²) >= 11 is 6.04. The highest BCUT2D eigenvalue weighted by molar-refractivity contribution is 6.31. The van der Waals surface area contributed by atoms with Gasteiger partial charge in [-0.3, -0.25) is 0 Å². The molecule has 0 bridgehead atoms. The van der Waals surface area contributed by atoms with Gasteiger partial charge < -0.3 is 10.5 Å². The molecule has 1 unspecified atom stereocenters. The molecule has 0 amide bonds. The minimum Gasteiger partial charge on any atom is -0.382 e. The zero-order chi connectivity index (χ0) is 11.1. The predicted octanol–water partition coefficient (Wildman–Crippen LogP) is 2.64. The Morgan fingerprint density at radius 2 is 2.13 bits per heavy atom. The van der Waals surface area contributed by atoms with E-state index in [9.17, 15) is 0 Å². The molecule has 2 N–H and O–H groups in total. The summed E-state index contributed by atoms with van der Waals surface area (Å²) in [6.45, 7) is 3.46. The van der Waals surface area contributed by atoms with Crippen molar-refractivity contribution < 1.29 is 4.74 Å². The van der Waals surface area contributed by atoms with Crippen molar-refractivity contribution in [1.29, 1.82) is 0 Å². The lowest BCUT2D eigenvalue weighted by Crippen LogP contribution is -2.24. The number of nitrogens with two attached hydrogens (primary N) is 1. The number of hydrogen-bond acceptors (Lipinski definition) is 2. The normalized spacial score (nSPS) is 12.7. The van der Waals surface area contributed by atoms with Crippen LogP contribution in [0.1, 0.15) is 18.9 Å². The van der Waals surface area contributed by atoms with Gasteiger partial charge in [-0.1, -0.05) is 29.8 Å². The third-order valence-corrected chi connectivity index (χ3v) is 2.65. The summed E-state index contributed by atoms with van der Waals surface area (Å²) in [6.07, 6.45) is 1.69. The molecule has 0 aliphatic rings. The van der Waals surface area contributed by atoms with Crippen LogP contribution in [0.15, 0.2) is 24.3 Å². The molecule has 0 fully saturated rings. The second-order valence-electron chi connectivity index (χ2n) is 3.54. The van der Waals surface area contributed by atoms with Crippen molar-refractivity contribution in [3.05, 3.63) is 34.9 Å². The van der Waals surface area contributed by atoms with Gasteiger partial charge >= 0.3 is 0 Å². The number of hydrogen-bond donors (Lipinski definition) is 1. The van der Waals surface area contributed by atoms with Gasteiger partial charge in [0.25, 0.3) is 0 Å². The maximum atomic E-state index is 6.04. The number of rotatable bonds is 6. The minimum atomic E-state index is 0.122. The zero-order valence-corrected chi connectivity index (χ0v) is 9.83. The SMILES string of the molecule is CCOCCC(N)Cc1ccccc1Cl. The standard InChI is InChI=1S/C12H18ClNO/c1-2-15-8-7-11(14)9-10-5-3-4-6-12(10)13/h3-6,11H,2,7-9,14H2,1H3. The highest BCUT2D eigenvalue weighted by Crippen LogP contribution is 2.16. The average Bonchev–Trinajstić information content (AvgIpc) is 2.22. The van der Waals surface area contributed by atoms with Crippen molar-refractivity contribution in [2.24, 2.45) is 5.73 Å². The van der Waals surface area contributed by atoms with Crippen LogP contribution in [0, 0.1) is 0 Å². The first-order valence-electron chi connectivity index (χ1n) is 5.30. The lowest BCUT2D eigenvalue weighted by atomic mass is 10.0. The largest absolute Gasteiger partial charge is 0.382 e. The van der Waals surface area contributed by atoms with Gasteiger partial charge in [-0.2, -0.15) is 0 Å². The van der Waals surface area contributed by atoms with Crippen molar-refractivity contribution in [3.63, 3.8) is 0 Å². The van der Waals surface area contributed by atoms with Gasteiger partial charge in [-0.05, 0) is 31.4 Å². The van der Waals surface area contributed by atoms with Crippen LogP contribution in [0.25, 0.3) is 0 Å². The maximum Gasteiger partial charge on any atom is 0.0480 e. The first kappa shape index (κ1) is 12.5. The third kappa shape index (κ3) is 4.65. The fraction of sp³-hybridized carbons (Fsp3) is 0.500. The lowest BCUT2D eigenvalue weighted by molar-refractivity contribution is 0.140. The molecule has 1 aromatic rings. The quantitative estimate of drug-likeness (QED) is 0.759. The molecule has 0 aliphatic heterocycles. The summed E-state index contributed by atoms with van der Waals surface area (Å²) in [4.78, 5) is 0. The van der Waals surface area contributed by atoms with Gasteiger partial charge in [0.1, 0.15) is 0 Å². The molecular formula is C12H18ClNO. The van der Waals surface area contributed by atoms with E-state index in [1.165, 1.54) is 0 Å². The molecule has 1 aromatic carbocycles. The molecule has 0 aromatic heterocycles. The maximum absolute atomic E-state index is 6.04. The van der Waals surface area contributed by atoms with Crippen molar-refractivity contribution >= 4 is 11.6 Å². The monoisotopic (exact) mass is 227 g/mol. The molecule has 0 aliphatic carbocycles. The van der Waals surface area contributed by atoms with Crippen molar-refractivity contribution in [3.8, 4) is 0 Å². The first-order valence-corrected chi connectivity index (χ1v) is 5.68. The molecule has 0 heterocycles. The van der Waals surface area contributed by atoms with Crippen LogP contribution in [0.2, 0.25) is 5.02 Å². The van der Waals surface area contributed by atoms with E-state index in [4.69, 9.17) is 22.1 Å². The summed E-state index contributed by atoms with van der Waals surface area (Å²) < 4.78 is 5.26. The molecule has 0 saturated carbocycles. The van der Waals surface area contributed by atoms with E-state index in [-0.39, 0.29) is 6.04 Å². The van der Waals surface area contributed by atoms with E-state index >= 15 is 0 Å². The first-order chi connectivity index (χ1) is 7.24. The second-order valence-corrected chi connectivity index (χ2v) is 3.95. The Labute approximate surface area is 96.4 Å². The van der Waals surface area contributed by atoms with Crippen molar-refractivity contribution in [2.75, 3.05) is 13.2 Å². The molecule has 0 radical (unpaired) electrons. The summed E-state index contributed by atoms with van der Waals surface area (Å²) in [6, 6.07) is 7.94. The van der Waals surface area contributed by atoms with Crippen LogP contribution in [0.5, 0.6) is 0 Å². The Bertz CT molecular complexity index is 291. The van der Waals surface area contributed by atoms with Crippen LogP contribution in [0.3, 0.4) is 0 Å². The van der Waals surface area contributed by atoms with Crippen LogP contribution in [0.4, 0.5) is 0 Å². The second kappa shape index (κ2) is 6.83. The predicted molar refractivity (Wildman–Crippen MR) is 64.2 cm³/mol. The fourth-order valence-electron chi connectivity index (χ4n) is 1.43. The van der Waals surface area contributed by atoms with Gasteiger partial charge in [0.05, 0.1) is 0 Å². The van der Waals surface area contributed by atoms with Crippen LogP contribution in [-0.2, 0) is 11.2 Å². The summed E-state index contributed by atoms with van der Waals surface area (Å²) in [5, 5.41) is 0.796. The Morgan fingerprint density at radius 1 is 1.40 bits per heavy atom. The molecule has 15 heavy (non-hydrogen) atoms. The molecule has 1 atom stereocenters. The van der Waals surface area contributed by atoms with E-state index in [1.807, 2.05) is 31.2 Å². The van der Waals surface area contributed by atoms with Gasteiger partial charge in [0, 0.05) is 24.3 Å². The van der Waals surface area contributed by atoms with Crippen molar-refractivity contribution in [2.45, 2.75) is 25.8 Å². The number of halogens is 1. The van der Waals surface area contributed by atoms with E-state index in [0.29, 0.717) is 0 Å². The average molecular weight is 228 g/mol. The zero-order valence-electron chi connectivity index (χ0n) is 9.08. The lowest BCUT2D eigenvalue weighted by Gasteiger charge is -2.12. The summed E-state index contributed by atoms with van der Waals surface area (Å²) in [7, 11) is 0. The summed E-state index contributed by atoms with van der Waals surface area (Å²) in [5.74, 6) is 0. The Balaban J connectivity index is 2.37. The molecular weight excluding hydrogens is 210 g/mol. The minimum absolute atomic E-state index is 0.122.